The van der Waals surface area contributed by atoms with E-state index in [1.807, 2.05) is 31.7 Å². The van der Waals surface area contributed by atoms with E-state index in [9.17, 15) is 0 Å². The molecule has 3 aromatic rings. The molecule has 23 heavy (non-hydrogen) atoms. The van der Waals surface area contributed by atoms with Crippen LogP contribution in [0, 0.1) is 0 Å². The third-order valence-corrected chi connectivity index (χ3v) is 3.83. The summed E-state index contributed by atoms with van der Waals surface area (Å²) < 4.78 is 3.48. The lowest BCUT2D eigenvalue weighted by atomic mass is 10.2. The normalized spacial score (nSPS) is 14.4. The van der Waals surface area contributed by atoms with E-state index in [4.69, 9.17) is 0 Å². The minimum Gasteiger partial charge on any atom is -0.366 e. The predicted octanol–water partition coefficient (Wildman–Crippen LogP) is 1.38. The van der Waals surface area contributed by atoms with E-state index < -0.39 is 0 Å². The van der Waals surface area contributed by atoms with Gasteiger partial charge in [-0.1, -0.05) is 0 Å². The van der Waals surface area contributed by atoms with Gasteiger partial charge in [-0.15, -0.1) is 34.5 Å². The van der Waals surface area contributed by atoms with E-state index in [0.717, 1.165) is 48.6 Å². The highest BCUT2D eigenvalue weighted by Crippen LogP contribution is 2.23. The first-order valence-electron chi connectivity index (χ1n) is 7.11. The largest absolute Gasteiger partial charge is 0.366 e. The monoisotopic (exact) mass is 355 g/mol. The Morgan fingerprint density at radius 2 is 1.83 bits per heavy atom. The Morgan fingerprint density at radius 1 is 1.04 bits per heavy atom. The molecule has 0 bridgehead atoms. The van der Waals surface area contributed by atoms with E-state index >= 15 is 0 Å². The van der Waals surface area contributed by atoms with Gasteiger partial charge in [0.15, 0.2) is 0 Å². The highest BCUT2D eigenvalue weighted by atomic mass is 35.5. The van der Waals surface area contributed by atoms with Gasteiger partial charge in [0.05, 0.1) is 23.8 Å². The summed E-state index contributed by atoms with van der Waals surface area (Å²) in [7, 11) is 1.90. The molecule has 1 N–H and O–H groups in total. The lowest BCUT2D eigenvalue weighted by molar-refractivity contribution is 0.590. The summed E-state index contributed by atoms with van der Waals surface area (Å²) in [4.78, 5) is 2.35. The zero-order valence-corrected chi connectivity index (χ0v) is 14.3. The van der Waals surface area contributed by atoms with Crippen molar-refractivity contribution in [3.05, 3.63) is 30.7 Å². The molecule has 1 fully saturated rings. The van der Waals surface area contributed by atoms with E-state index in [-0.39, 0.29) is 24.8 Å². The van der Waals surface area contributed by atoms with Crippen molar-refractivity contribution in [1.82, 2.24) is 29.9 Å². The van der Waals surface area contributed by atoms with Gasteiger partial charge in [0.1, 0.15) is 5.52 Å². The third-order valence-electron chi connectivity index (χ3n) is 3.83. The maximum Gasteiger partial charge on any atom is 0.111 e. The van der Waals surface area contributed by atoms with Crippen LogP contribution < -0.4 is 10.2 Å². The molecule has 9 heteroatoms. The van der Waals surface area contributed by atoms with Crippen molar-refractivity contribution in [3.63, 3.8) is 0 Å². The number of hydrogen-bond donors (Lipinski definition) is 1. The molecule has 1 saturated heterocycles. The Hall–Kier alpha value is -1.83. The van der Waals surface area contributed by atoms with Crippen LogP contribution in [-0.2, 0) is 7.05 Å². The average Bonchev–Trinajstić information content (AvgIpc) is 3.13. The van der Waals surface area contributed by atoms with Gasteiger partial charge in [-0.05, 0) is 12.1 Å². The molecule has 0 aromatic carbocycles. The number of aryl methyl sites for hydroxylation is 1. The number of aromatic nitrogens is 5. The van der Waals surface area contributed by atoms with Crippen LogP contribution in [0.4, 0.5) is 5.69 Å². The van der Waals surface area contributed by atoms with Crippen molar-refractivity contribution < 1.29 is 0 Å². The average molecular weight is 356 g/mol. The summed E-state index contributed by atoms with van der Waals surface area (Å²) in [5, 5.41) is 16.5. The van der Waals surface area contributed by atoms with Crippen LogP contribution in [0.2, 0.25) is 0 Å². The van der Waals surface area contributed by atoms with Crippen molar-refractivity contribution >= 4 is 36.0 Å². The van der Waals surface area contributed by atoms with Crippen molar-refractivity contribution in [2.75, 3.05) is 31.1 Å². The van der Waals surface area contributed by atoms with Crippen LogP contribution in [0.15, 0.2) is 30.7 Å². The van der Waals surface area contributed by atoms with Crippen molar-refractivity contribution in [2.24, 2.45) is 7.05 Å². The number of piperazine rings is 1. The predicted molar refractivity (Wildman–Crippen MR) is 94.8 cm³/mol. The molecule has 4 rings (SSSR count). The van der Waals surface area contributed by atoms with Crippen LogP contribution in [0.3, 0.4) is 0 Å². The second kappa shape index (κ2) is 7.16. The molecule has 0 unspecified atom stereocenters. The molecule has 1 aliphatic rings. The van der Waals surface area contributed by atoms with Gasteiger partial charge in [0, 0.05) is 45.0 Å². The van der Waals surface area contributed by atoms with Gasteiger partial charge in [-0.25, -0.2) is 0 Å². The highest BCUT2D eigenvalue weighted by molar-refractivity contribution is 5.85. The van der Waals surface area contributed by atoms with Crippen LogP contribution >= 0.6 is 24.8 Å². The Bertz CT molecular complexity index is 776. The van der Waals surface area contributed by atoms with Crippen LogP contribution in [-0.4, -0.2) is 50.8 Å². The van der Waals surface area contributed by atoms with E-state index in [0.29, 0.717) is 0 Å². The maximum atomic E-state index is 4.58. The molecule has 4 heterocycles. The standard InChI is InChI=1S/C14H17N7.2ClH/c1-19-10-11(8-16-19)12-2-3-13-14(9-17-21(13)18-12)20-6-4-15-5-7-20;;/h2-3,8-10,15H,4-7H2,1H3;2*1H. The van der Waals surface area contributed by atoms with Gasteiger partial charge in [0.25, 0.3) is 0 Å². The van der Waals surface area contributed by atoms with E-state index in [2.05, 4.69) is 31.6 Å². The van der Waals surface area contributed by atoms with Crippen molar-refractivity contribution in [3.8, 4) is 11.3 Å². The Balaban J connectivity index is 0.000000960. The molecule has 0 amide bonds. The topological polar surface area (TPSA) is 63.3 Å². The first-order valence-corrected chi connectivity index (χ1v) is 7.11. The molecule has 0 spiro atoms. The lowest BCUT2D eigenvalue weighted by Gasteiger charge is -2.28. The fraction of sp³-hybridized carbons (Fsp3) is 0.357. The molecule has 7 nitrogen and oxygen atoms in total. The molecule has 0 saturated carbocycles. The molecular formula is C14H19Cl2N7. The zero-order valence-electron chi connectivity index (χ0n) is 12.7. The molecule has 3 aromatic heterocycles. The number of nitrogens with zero attached hydrogens (tertiary/aromatic N) is 6. The van der Waals surface area contributed by atoms with Crippen LogP contribution in [0.5, 0.6) is 0 Å². The fourth-order valence-corrected chi connectivity index (χ4v) is 2.72. The van der Waals surface area contributed by atoms with Gasteiger partial charge in [-0.3, -0.25) is 4.68 Å². The van der Waals surface area contributed by atoms with E-state index in [1.54, 1.807) is 9.31 Å². The number of rotatable bonds is 2. The van der Waals surface area contributed by atoms with Gasteiger partial charge in [0.2, 0.25) is 0 Å². The van der Waals surface area contributed by atoms with Crippen LogP contribution in [0.25, 0.3) is 16.8 Å². The summed E-state index contributed by atoms with van der Waals surface area (Å²) in [6.45, 7) is 4.04. The first kappa shape index (κ1) is 17.5. The minimum absolute atomic E-state index is 0. The summed E-state index contributed by atoms with van der Waals surface area (Å²) in [6.07, 6.45) is 5.67. The Morgan fingerprint density at radius 3 is 2.52 bits per heavy atom. The van der Waals surface area contributed by atoms with E-state index in [1.165, 1.54) is 0 Å². The number of fused-ring (bicyclic) bond motifs is 1. The lowest BCUT2D eigenvalue weighted by Crippen LogP contribution is -2.43. The molecule has 0 radical (unpaired) electrons. The smallest absolute Gasteiger partial charge is 0.111 e. The molecule has 124 valence electrons. The van der Waals surface area contributed by atoms with Crippen molar-refractivity contribution in [1.29, 1.82) is 0 Å². The SMILES string of the molecule is Cl.Cl.Cn1cc(-c2ccc3c(N4CCNCC4)cnn3n2)cn1. The fourth-order valence-electron chi connectivity index (χ4n) is 2.72. The minimum atomic E-state index is 0. The summed E-state index contributed by atoms with van der Waals surface area (Å²) in [5.41, 5.74) is 4.08. The van der Waals surface area contributed by atoms with Gasteiger partial charge >= 0.3 is 0 Å². The van der Waals surface area contributed by atoms with Gasteiger partial charge < -0.3 is 10.2 Å². The molecular weight excluding hydrogens is 337 g/mol. The molecule has 0 atom stereocenters. The molecule has 1 aliphatic heterocycles. The third kappa shape index (κ3) is 3.26. The second-order valence-electron chi connectivity index (χ2n) is 5.26. The van der Waals surface area contributed by atoms with Gasteiger partial charge in [-0.2, -0.15) is 10.2 Å². The quantitative estimate of drug-likeness (QED) is 0.752. The maximum absolute atomic E-state index is 4.58. The number of hydrogen-bond acceptors (Lipinski definition) is 5. The first-order chi connectivity index (χ1) is 10.3. The summed E-state index contributed by atoms with van der Waals surface area (Å²) >= 11 is 0. The Kier molecular flexibility index (Phi) is 5.46. The molecule has 0 aliphatic carbocycles. The number of halogens is 2. The van der Waals surface area contributed by atoms with Crippen molar-refractivity contribution in [2.45, 2.75) is 0 Å². The highest BCUT2D eigenvalue weighted by Gasteiger charge is 2.16. The number of nitrogens with one attached hydrogen (secondary N) is 1. The summed E-state index contributed by atoms with van der Waals surface area (Å²) in [5.74, 6) is 0. The zero-order chi connectivity index (χ0) is 14.2. The summed E-state index contributed by atoms with van der Waals surface area (Å²) in [6, 6.07) is 4.11. The number of anilines is 1. The Labute approximate surface area is 146 Å². The second-order valence-corrected chi connectivity index (χ2v) is 5.26. The van der Waals surface area contributed by atoms with Crippen LogP contribution in [0.1, 0.15) is 0 Å².